The molecule has 1 N–H and O–H groups in total. The SMILES string of the molecule is CC.CCNCCN(C)CCOC(F)(F)F. The fourth-order valence-corrected chi connectivity index (χ4v) is 0.876. The predicted molar refractivity (Wildman–Crippen MR) is 59.4 cm³/mol. The monoisotopic (exact) mass is 244 g/mol. The molecule has 0 atom stereocenters. The Hall–Kier alpha value is -0.330. The van der Waals surface area contributed by atoms with Crippen molar-refractivity contribution >= 4 is 0 Å². The molecule has 0 saturated heterocycles. The maximum atomic E-state index is 11.6. The summed E-state index contributed by atoms with van der Waals surface area (Å²) in [4.78, 5) is 1.79. The number of hydrogen-bond acceptors (Lipinski definition) is 3. The summed E-state index contributed by atoms with van der Waals surface area (Å²) in [7, 11) is 1.76. The number of nitrogens with zero attached hydrogens (tertiary/aromatic N) is 1. The van der Waals surface area contributed by atoms with Crippen LogP contribution in [0.2, 0.25) is 0 Å². The predicted octanol–water partition coefficient (Wildman–Crippen LogP) is 2.09. The number of rotatable bonds is 7. The van der Waals surface area contributed by atoms with Gasteiger partial charge in [-0.1, -0.05) is 20.8 Å². The van der Waals surface area contributed by atoms with Crippen LogP contribution >= 0.6 is 0 Å². The van der Waals surface area contributed by atoms with Crippen molar-refractivity contribution in [3.63, 3.8) is 0 Å². The quantitative estimate of drug-likeness (QED) is 0.694. The summed E-state index contributed by atoms with van der Waals surface area (Å²) in [5, 5.41) is 3.08. The molecule has 100 valence electrons. The minimum absolute atomic E-state index is 0.283. The van der Waals surface area contributed by atoms with E-state index in [4.69, 9.17) is 0 Å². The average molecular weight is 244 g/mol. The lowest BCUT2D eigenvalue weighted by Gasteiger charge is -2.17. The maximum Gasteiger partial charge on any atom is 0.522 e. The van der Waals surface area contributed by atoms with E-state index < -0.39 is 6.36 Å². The van der Waals surface area contributed by atoms with Gasteiger partial charge in [-0.05, 0) is 13.6 Å². The van der Waals surface area contributed by atoms with Gasteiger partial charge in [0.05, 0.1) is 6.61 Å². The molecule has 0 spiro atoms. The smallest absolute Gasteiger partial charge is 0.316 e. The van der Waals surface area contributed by atoms with Crippen molar-refractivity contribution in [1.29, 1.82) is 0 Å². The van der Waals surface area contributed by atoms with E-state index >= 15 is 0 Å². The molecule has 0 radical (unpaired) electrons. The molecule has 0 amide bonds. The summed E-state index contributed by atoms with van der Waals surface area (Å²) < 4.78 is 38.3. The van der Waals surface area contributed by atoms with E-state index in [1.54, 1.807) is 11.9 Å². The lowest BCUT2D eigenvalue weighted by Crippen LogP contribution is -2.32. The zero-order chi connectivity index (χ0) is 13.0. The number of halogens is 3. The van der Waals surface area contributed by atoms with E-state index in [1.165, 1.54) is 0 Å². The second-order valence-corrected chi connectivity index (χ2v) is 2.95. The van der Waals surface area contributed by atoms with Crippen LogP contribution in [0.5, 0.6) is 0 Å². The van der Waals surface area contributed by atoms with Crippen LogP contribution in [0, 0.1) is 0 Å². The van der Waals surface area contributed by atoms with Crippen molar-refractivity contribution in [3.05, 3.63) is 0 Å². The number of hydrogen-bond donors (Lipinski definition) is 1. The fraction of sp³-hybridized carbons (Fsp3) is 1.00. The van der Waals surface area contributed by atoms with Crippen molar-refractivity contribution in [2.45, 2.75) is 27.1 Å². The second kappa shape index (κ2) is 11.2. The summed E-state index contributed by atoms with van der Waals surface area (Å²) in [5.41, 5.74) is 0. The van der Waals surface area contributed by atoms with Gasteiger partial charge in [-0.2, -0.15) is 0 Å². The lowest BCUT2D eigenvalue weighted by molar-refractivity contribution is -0.324. The van der Waals surface area contributed by atoms with Gasteiger partial charge in [-0.3, -0.25) is 4.74 Å². The van der Waals surface area contributed by atoms with Crippen LogP contribution < -0.4 is 5.32 Å². The molecule has 0 fully saturated rings. The molecule has 0 aliphatic heterocycles. The molecule has 0 saturated carbocycles. The minimum Gasteiger partial charge on any atom is -0.316 e. The van der Waals surface area contributed by atoms with E-state index in [0.29, 0.717) is 0 Å². The summed E-state index contributed by atoms with van der Waals surface area (Å²) in [6.45, 7) is 8.31. The van der Waals surface area contributed by atoms with Crippen molar-refractivity contribution in [1.82, 2.24) is 10.2 Å². The third-order valence-corrected chi connectivity index (χ3v) is 1.66. The number of nitrogens with one attached hydrogen (secondary N) is 1. The topological polar surface area (TPSA) is 24.5 Å². The van der Waals surface area contributed by atoms with Gasteiger partial charge in [0.15, 0.2) is 0 Å². The molecular formula is C10H23F3N2O. The zero-order valence-electron chi connectivity index (χ0n) is 10.5. The highest BCUT2D eigenvalue weighted by Crippen LogP contribution is 2.15. The molecule has 0 aliphatic rings. The lowest BCUT2D eigenvalue weighted by atomic mass is 10.5. The van der Waals surface area contributed by atoms with Gasteiger partial charge < -0.3 is 10.2 Å². The molecule has 0 rings (SSSR count). The van der Waals surface area contributed by atoms with Crippen molar-refractivity contribution in [2.24, 2.45) is 0 Å². The molecule has 0 aromatic carbocycles. The fourth-order valence-electron chi connectivity index (χ4n) is 0.876. The maximum absolute atomic E-state index is 11.6. The Kier molecular flexibility index (Phi) is 12.6. The van der Waals surface area contributed by atoms with E-state index in [0.717, 1.165) is 19.6 Å². The van der Waals surface area contributed by atoms with Crippen molar-refractivity contribution < 1.29 is 17.9 Å². The largest absolute Gasteiger partial charge is 0.522 e. The Morgan fingerprint density at radius 1 is 1.19 bits per heavy atom. The molecule has 0 aromatic rings. The molecule has 0 bridgehead atoms. The summed E-state index contributed by atoms with van der Waals surface area (Å²) in [6, 6.07) is 0. The average Bonchev–Trinajstić information content (AvgIpc) is 2.19. The summed E-state index contributed by atoms with van der Waals surface area (Å²) >= 11 is 0. The normalized spacial score (nSPS) is 11.2. The van der Waals surface area contributed by atoms with Crippen LogP contribution in [0.1, 0.15) is 20.8 Å². The van der Waals surface area contributed by atoms with Gasteiger partial charge in [0.25, 0.3) is 0 Å². The summed E-state index contributed by atoms with van der Waals surface area (Å²) in [5.74, 6) is 0. The Morgan fingerprint density at radius 3 is 2.19 bits per heavy atom. The number of alkyl halides is 3. The molecule has 0 aromatic heterocycles. The van der Waals surface area contributed by atoms with Crippen LogP contribution in [0.15, 0.2) is 0 Å². The highest BCUT2D eigenvalue weighted by Gasteiger charge is 2.28. The first kappa shape index (κ1) is 18.0. The van der Waals surface area contributed by atoms with Gasteiger partial charge >= 0.3 is 6.36 Å². The van der Waals surface area contributed by atoms with E-state index in [2.05, 4.69) is 10.1 Å². The first-order chi connectivity index (χ1) is 7.45. The Balaban J connectivity index is 0. The molecule has 0 unspecified atom stereocenters. The molecule has 3 nitrogen and oxygen atoms in total. The van der Waals surface area contributed by atoms with Crippen molar-refractivity contribution in [3.8, 4) is 0 Å². The third kappa shape index (κ3) is 16.1. The van der Waals surface area contributed by atoms with Crippen LogP contribution in [0.4, 0.5) is 13.2 Å². The number of likely N-dealkylation sites (N-methyl/N-ethyl adjacent to an activating group) is 2. The first-order valence-corrected chi connectivity index (χ1v) is 5.55. The molecule has 6 heteroatoms. The highest BCUT2D eigenvalue weighted by molar-refractivity contribution is 4.53. The van der Waals surface area contributed by atoms with E-state index in [1.807, 2.05) is 20.8 Å². The second-order valence-electron chi connectivity index (χ2n) is 2.95. The van der Waals surface area contributed by atoms with Gasteiger partial charge in [0, 0.05) is 19.6 Å². The van der Waals surface area contributed by atoms with Crippen LogP contribution in [-0.2, 0) is 4.74 Å². The number of ether oxygens (including phenoxy) is 1. The molecular weight excluding hydrogens is 221 g/mol. The Morgan fingerprint density at radius 2 is 1.75 bits per heavy atom. The molecule has 16 heavy (non-hydrogen) atoms. The van der Waals surface area contributed by atoms with E-state index in [9.17, 15) is 13.2 Å². The minimum atomic E-state index is -4.51. The van der Waals surface area contributed by atoms with Crippen LogP contribution in [-0.4, -0.2) is 51.1 Å². The summed E-state index contributed by atoms with van der Waals surface area (Å²) in [6.07, 6.45) is -4.51. The molecule has 0 aliphatic carbocycles. The Bertz CT molecular complexity index is 143. The van der Waals surface area contributed by atoms with Crippen LogP contribution in [0.25, 0.3) is 0 Å². The van der Waals surface area contributed by atoms with Crippen molar-refractivity contribution in [2.75, 3.05) is 39.8 Å². The zero-order valence-corrected chi connectivity index (χ0v) is 10.5. The van der Waals surface area contributed by atoms with Gasteiger partial charge in [-0.25, -0.2) is 0 Å². The van der Waals surface area contributed by atoms with Gasteiger partial charge in [0.2, 0.25) is 0 Å². The molecule has 0 heterocycles. The Labute approximate surface area is 95.9 Å². The van der Waals surface area contributed by atoms with Crippen LogP contribution in [0.3, 0.4) is 0 Å². The van der Waals surface area contributed by atoms with E-state index in [-0.39, 0.29) is 13.2 Å². The highest BCUT2D eigenvalue weighted by atomic mass is 19.4. The van der Waals surface area contributed by atoms with Gasteiger partial charge in [-0.15, -0.1) is 13.2 Å². The first-order valence-electron chi connectivity index (χ1n) is 5.55. The third-order valence-electron chi connectivity index (χ3n) is 1.66. The standard InChI is InChI=1S/C8H17F3N2O.C2H6/c1-3-12-4-5-13(2)6-7-14-8(9,10)11;1-2/h12H,3-7H2,1-2H3;1-2H3. The van der Waals surface area contributed by atoms with Gasteiger partial charge in [0.1, 0.15) is 0 Å².